The Bertz CT molecular complexity index is 1630. The van der Waals surface area contributed by atoms with Gasteiger partial charge in [-0.3, -0.25) is 9.36 Å². The van der Waals surface area contributed by atoms with Crippen molar-refractivity contribution in [3.8, 4) is 5.75 Å². The van der Waals surface area contributed by atoms with Gasteiger partial charge in [-0.25, -0.2) is 14.6 Å². The highest BCUT2D eigenvalue weighted by atomic mass is 35.5. The molecule has 1 atom stereocenters. The lowest BCUT2D eigenvalue weighted by Crippen LogP contribution is -2.39. The van der Waals surface area contributed by atoms with E-state index >= 15 is 0 Å². The smallest absolute Gasteiger partial charge is 0.341 e. The minimum absolute atomic E-state index is 0.0406. The number of allylic oxidation sites excluding steroid dienone is 1. The number of nitrogens with zero attached hydrogens (tertiary/aromatic N) is 2. The van der Waals surface area contributed by atoms with Crippen molar-refractivity contribution >= 4 is 52.6 Å². The van der Waals surface area contributed by atoms with Crippen LogP contribution in [0.25, 0.3) is 6.08 Å². The first kappa shape index (κ1) is 28.6. The van der Waals surface area contributed by atoms with E-state index in [4.69, 9.17) is 37.8 Å². The molecule has 204 valence electrons. The summed E-state index contributed by atoms with van der Waals surface area (Å²) < 4.78 is 12.4. The van der Waals surface area contributed by atoms with E-state index < -0.39 is 24.6 Å². The van der Waals surface area contributed by atoms with Crippen LogP contribution in [-0.2, 0) is 14.3 Å². The lowest BCUT2D eigenvalue weighted by atomic mass is 9.93. The number of benzene rings is 2. The third-order valence-corrected chi connectivity index (χ3v) is 7.64. The molecular weight excluding hydrogens is 563 g/mol. The fraction of sp³-hybridized carbons (Fsp3) is 0.286. The zero-order valence-electron chi connectivity index (χ0n) is 21.7. The number of ether oxygens (including phenoxy) is 2. The molecule has 2 heterocycles. The monoisotopic (exact) mass is 588 g/mol. The second kappa shape index (κ2) is 11.8. The molecule has 0 bridgehead atoms. The maximum atomic E-state index is 13.8. The third kappa shape index (κ3) is 5.95. The van der Waals surface area contributed by atoms with Gasteiger partial charge in [0, 0.05) is 0 Å². The van der Waals surface area contributed by atoms with Crippen LogP contribution in [0.1, 0.15) is 56.3 Å². The largest absolute Gasteiger partial charge is 0.479 e. The second-order valence-electron chi connectivity index (χ2n) is 9.12. The van der Waals surface area contributed by atoms with E-state index in [-0.39, 0.29) is 28.0 Å². The molecule has 0 spiro atoms. The number of hydrogen-bond donors (Lipinski definition) is 1. The number of rotatable bonds is 8. The minimum Gasteiger partial charge on any atom is -0.479 e. The van der Waals surface area contributed by atoms with E-state index in [9.17, 15) is 14.4 Å². The molecule has 0 saturated carbocycles. The van der Waals surface area contributed by atoms with Crippen LogP contribution in [0.3, 0.4) is 0 Å². The molecule has 0 unspecified atom stereocenters. The number of carboxylic acids is 1. The van der Waals surface area contributed by atoms with Crippen molar-refractivity contribution < 1.29 is 24.2 Å². The maximum absolute atomic E-state index is 13.8. The molecule has 1 N–H and O–H groups in total. The molecule has 0 radical (unpaired) electrons. The molecule has 2 aromatic carbocycles. The molecule has 0 fully saturated rings. The van der Waals surface area contributed by atoms with Gasteiger partial charge in [0.2, 0.25) is 0 Å². The van der Waals surface area contributed by atoms with Gasteiger partial charge in [-0.1, -0.05) is 72.7 Å². The van der Waals surface area contributed by atoms with Crippen LogP contribution < -0.4 is 19.6 Å². The zero-order chi connectivity index (χ0) is 28.4. The first-order chi connectivity index (χ1) is 18.5. The minimum atomic E-state index is -1.17. The van der Waals surface area contributed by atoms with Crippen LogP contribution >= 0.6 is 34.5 Å². The number of carbonyl (C=O) groups is 2. The van der Waals surface area contributed by atoms with Gasteiger partial charge in [-0.05, 0) is 54.7 Å². The summed E-state index contributed by atoms with van der Waals surface area (Å²) in [7, 11) is 0. The first-order valence-corrected chi connectivity index (χ1v) is 13.7. The highest BCUT2D eigenvalue weighted by molar-refractivity contribution is 7.07. The number of carboxylic acid groups (broad SMARTS) is 1. The van der Waals surface area contributed by atoms with Crippen LogP contribution in [-0.4, -0.2) is 34.8 Å². The Morgan fingerprint density at radius 3 is 2.38 bits per heavy atom. The van der Waals surface area contributed by atoms with E-state index in [0.29, 0.717) is 32.1 Å². The topological polar surface area (TPSA) is 107 Å². The van der Waals surface area contributed by atoms with Crippen molar-refractivity contribution in [2.24, 2.45) is 4.99 Å². The number of aromatic nitrogens is 1. The van der Waals surface area contributed by atoms with Gasteiger partial charge in [0.25, 0.3) is 5.56 Å². The average Bonchev–Trinajstić information content (AvgIpc) is 3.16. The summed E-state index contributed by atoms with van der Waals surface area (Å²) in [5, 5.41) is 9.07. The summed E-state index contributed by atoms with van der Waals surface area (Å²) in [6.45, 7) is 7.23. The summed E-state index contributed by atoms with van der Waals surface area (Å²) in [5.74, 6) is -1.33. The predicted octanol–water partition coefficient (Wildman–Crippen LogP) is 4.69. The van der Waals surface area contributed by atoms with Gasteiger partial charge in [0.05, 0.1) is 38.5 Å². The van der Waals surface area contributed by atoms with Gasteiger partial charge in [0.1, 0.15) is 0 Å². The lowest BCUT2D eigenvalue weighted by molar-refractivity contribution is -0.140. The molecule has 4 rings (SSSR count). The number of hydrogen-bond acceptors (Lipinski definition) is 7. The Labute approximate surface area is 238 Å². The van der Waals surface area contributed by atoms with Crippen LogP contribution in [0.5, 0.6) is 5.75 Å². The summed E-state index contributed by atoms with van der Waals surface area (Å²) in [6.07, 6.45) is 1.62. The van der Waals surface area contributed by atoms with Crippen molar-refractivity contribution in [2.45, 2.75) is 39.7 Å². The molecular formula is C28H26Cl2N2O6S. The van der Waals surface area contributed by atoms with E-state index in [1.165, 1.54) is 28.0 Å². The molecule has 1 aliphatic rings. The molecule has 11 heteroatoms. The fourth-order valence-corrected chi connectivity index (χ4v) is 5.92. The van der Waals surface area contributed by atoms with Crippen molar-refractivity contribution in [3.63, 3.8) is 0 Å². The highest BCUT2D eigenvalue weighted by Crippen LogP contribution is 2.35. The van der Waals surface area contributed by atoms with Crippen molar-refractivity contribution in [2.75, 3.05) is 13.2 Å². The predicted molar refractivity (Wildman–Crippen MR) is 151 cm³/mol. The number of fused-ring (bicyclic) bond motifs is 1. The zero-order valence-corrected chi connectivity index (χ0v) is 24.0. The van der Waals surface area contributed by atoms with Gasteiger partial charge < -0.3 is 14.6 Å². The van der Waals surface area contributed by atoms with E-state index in [2.05, 4.69) is 18.8 Å². The third-order valence-electron chi connectivity index (χ3n) is 6.09. The summed E-state index contributed by atoms with van der Waals surface area (Å²) >= 11 is 13.7. The molecule has 3 aromatic rings. The number of aliphatic carboxylic acids is 1. The quantitative estimate of drug-likeness (QED) is 0.382. The summed E-state index contributed by atoms with van der Waals surface area (Å²) in [4.78, 5) is 42.7. The molecule has 39 heavy (non-hydrogen) atoms. The summed E-state index contributed by atoms with van der Waals surface area (Å²) in [6, 6.07) is 10.2. The average molecular weight is 589 g/mol. The SMILES string of the molecule is CCOC(=O)C1=C(C)N=c2s/c(=C\c3cc(Cl)c(OCC(=O)O)c(Cl)c3)c(=O)n2[C@@H]1c1ccc(C(C)C)cc1. The van der Waals surface area contributed by atoms with Crippen LogP contribution in [0.15, 0.2) is 57.5 Å². The van der Waals surface area contributed by atoms with E-state index in [1.54, 1.807) is 19.9 Å². The molecule has 0 aliphatic carbocycles. The normalized spacial score (nSPS) is 15.3. The molecule has 1 aliphatic heterocycles. The maximum Gasteiger partial charge on any atom is 0.341 e. The first-order valence-electron chi connectivity index (χ1n) is 12.1. The second-order valence-corrected chi connectivity index (χ2v) is 10.9. The number of carbonyl (C=O) groups excluding carboxylic acids is 1. The lowest BCUT2D eigenvalue weighted by Gasteiger charge is -2.25. The van der Waals surface area contributed by atoms with Crippen molar-refractivity contribution in [1.82, 2.24) is 4.57 Å². The number of esters is 1. The Hall–Kier alpha value is -3.40. The molecule has 8 nitrogen and oxygen atoms in total. The van der Waals surface area contributed by atoms with Gasteiger partial charge in [0.15, 0.2) is 17.2 Å². The Kier molecular flexibility index (Phi) is 8.64. The van der Waals surface area contributed by atoms with Crippen molar-refractivity contribution in [1.29, 1.82) is 0 Å². The molecule has 0 amide bonds. The Morgan fingerprint density at radius 1 is 1.18 bits per heavy atom. The van der Waals surface area contributed by atoms with E-state index in [1.807, 2.05) is 24.3 Å². The van der Waals surface area contributed by atoms with Gasteiger partial charge in [-0.2, -0.15) is 0 Å². The molecule has 1 aromatic heterocycles. The highest BCUT2D eigenvalue weighted by Gasteiger charge is 2.33. The summed E-state index contributed by atoms with van der Waals surface area (Å²) in [5.41, 5.74) is 2.84. The van der Waals surface area contributed by atoms with Crippen LogP contribution in [0.2, 0.25) is 10.0 Å². The molecule has 0 saturated heterocycles. The van der Waals surface area contributed by atoms with Crippen LogP contribution in [0.4, 0.5) is 0 Å². The Morgan fingerprint density at radius 2 is 1.82 bits per heavy atom. The Balaban J connectivity index is 1.86. The van der Waals surface area contributed by atoms with Gasteiger partial charge in [-0.15, -0.1) is 0 Å². The van der Waals surface area contributed by atoms with Crippen LogP contribution in [0, 0.1) is 0 Å². The number of thiazole rings is 1. The van der Waals surface area contributed by atoms with Gasteiger partial charge >= 0.3 is 11.9 Å². The van der Waals surface area contributed by atoms with Crippen molar-refractivity contribution in [3.05, 3.63) is 94.1 Å². The standard InChI is InChI=1S/C28H26Cl2N2O6S/c1-5-37-27(36)23-15(4)31-28-32(24(23)18-8-6-17(7-9-18)14(2)3)26(35)21(39-28)12-16-10-19(29)25(20(30)11-16)38-13-22(33)34/h6-12,14,24H,5,13H2,1-4H3,(H,33,34)/b21-12-/t24-/m1/s1. The fourth-order valence-electron chi connectivity index (χ4n) is 4.26. The van der Waals surface area contributed by atoms with E-state index in [0.717, 1.165) is 11.1 Å². The number of halogens is 2.